The smallest absolute Gasteiger partial charge is 0.241 e. The molecule has 2 aliphatic rings. The summed E-state index contributed by atoms with van der Waals surface area (Å²) in [4.78, 5) is 14.6. The van der Waals surface area contributed by atoms with Crippen LogP contribution in [0.2, 0.25) is 0 Å². The van der Waals surface area contributed by atoms with Crippen LogP contribution in [-0.4, -0.2) is 59.9 Å². The van der Waals surface area contributed by atoms with Crippen LogP contribution >= 0.6 is 0 Å². The molecule has 1 aromatic heterocycles. The summed E-state index contributed by atoms with van der Waals surface area (Å²) in [6.45, 7) is 6.73. The number of hydrogen-bond acceptors (Lipinski definition) is 4. The standard InChI is InChI=1S/C17H29N5O/c23-17(19-8-4-12-21-10-1-2-11-21)14-22-16(6-9-20-22)15-5-3-7-18-13-15/h6,9,15,18H,1-5,7-8,10-14H2,(H,19,23). The van der Waals surface area contributed by atoms with Crippen LogP contribution in [0.5, 0.6) is 0 Å². The molecule has 3 heterocycles. The molecule has 2 saturated heterocycles. The van der Waals surface area contributed by atoms with Gasteiger partial charge in [-0.25, -0.2) is 0 Å². The summed E-state index contributed by atoms with van der Waals surface area (Å²) in [7, 11) is 0. The molecule has 6 heteroatoms. The van der Waals surface area contributed by atoms with Crippen molar-refractivity contribution in [2.75, 3.05) is 39.3 Å². The van der Waals surface area contributed by atoms with Gasteiger partial charge in [-0.05, 0) is 64.3 Å². The first kappa shape index (κ1) is 16.5. The highest BCUT2D eigenvalue weighted by molar-refractivity contribution is 5.75. The molecular formula is C17H29N5O. The Morgan fingerprint density at radius 1 is 1.35 bits per heavy atom. The molecule has 2 aliphatic heterocycles. The van der Waals surface area contributed by atoms with Gasteiger partial charge in [0.15, 0.2) is 0 Å². The fraction of sp³-hybridized carbons (Fsp3) is 0.765. The van der Waals surface area contributed by atoms with E-state index in [9.17, 15) is 4.79 Å². The van der Waals surface area contributed by atoms with Crippen molar-refractivity contribution < 1.29 is 4.79 Å². The molecule has 3 rings (SSSR count). The minimum Gasteiger partial charge on any atom is -0.354 e. The maximum Gasteiger partial charge on any atom is 0.241 e. The maximum absolute atomic E-state index is 12.1. The Morgan fingerprint density at radius 3 is 3.00 bits per heavy atom. The fourth-order valence-electron chi connectivity index (χ4n) is 3.65. The third-order valence-corrected chi connectivity index (χ3v) is 4.93. The maximum atomic E-state index is 12.1. The molecule has 6 nitrogen and oxygen atoms in total. The van der Waals surface area contributed by atoms with E-state index >= 15 is 0 Å². The minimum absolute atomic E-state index is 0.0696. The lowest BCUT2D eigenvalue weighted by Gasteiger charge is -2.23. The van der Waals surface area contributed by atoms with Crippen LogP contribution in [0.4, 0.5) is 0 Å². The number of nitrogens with zero attached hydrogens (tertiary/aromatic N) is 3. The predicted molar refractivity (Wildman–Crippen MR) is 90.4 cm³/mol. The highest BCUT2D eigenvalue weighted by Crippen LogP contribution is 2.22. The van der Waals surface area contributed by atoms with E-state index < -0.39 is 0 Å². The second-order valence-electron chi connectivity index (χ2n) is 6.71. The van der Waals surface area contributed by atoms with Crippen LogP contribution in [0.3, 0.4) is 0 Å². The first-order valence-electron chi connectivity index (χ1n) is 9.04. The predicted octanol–water partition coefficient (Wildman–Crippen LogP) is 0.952. The summed E-state index contributed by atoms with van der Waals surface area (Å²) >= 11 is 0. The molecule has 2 fully saturated rings. The summed E-state index contributed by atoms with van der Waals surface area (Å²) < 4.78 is 1.87. The minimum atomic E-state index is 0.0696. The zero-order valence-corrected chi connectivity index (χ0v) is 14.0. The number of carbonyl (C=O) groups excluding carboxylic acids is 1. The second-order valence-corrected chi connectivity index (χ2v) is 6.71. The Morgan fingerprint density at radius 2 is 2.22 bits per heavy atom. The van der Waals surface area contributed by atoms with E-state index in [4.69, 9.17) is 0 Å². The van der Waals surface area contributed by atoms with E-state index in [2.05, 4.69) is 26.7 Å². The second kappa shape index (κ2) is 8.45. The highest BCUT2D eigenvalue weighted by atomic mass is 16.2. The van der Waals surface area contributed by atoms with Crippen LogP contribution in [-0.2, 0) is 11.3 Å². The molecular weight excluding hydrogens is 290 g/mol. The highest BCUT2D eigenvalue weighted by Gasteiger charge is 2.19. The van der Waals surface area contributed by atoms with Gasteiger partial charge < -0.3 is 15.5 Å². The molecule has 0 aliphatic carbocycles. The van der Waals surface area contributed by atoms with Gasteiger partial charge in [-0.15, -0.1) is 0 Å². The van der Waals surface area contributed by atoms with Crippen LogP contribution in [0, 0.1) is 0 Å². The molecule has 0 radical (unpaired) electrons. The van der Waals surface area contributed by atoms with Crippen molar-refractivity contribution in [2.24, 2.45) is 0 Å². The molecule has 1 aromatic rings. The molecule has 1 atom stereocenters. The van der Waals surface area contributed by atoms with E-state index in [-0.39, 0.29) is 5.91 Å². The average molecular weight is 319 g/mol. The molecule has 23 heavy (non-hydrogen) atoms. The monoisotopic (exact) mass is 319 g/mol. The van der Waals surface area contributed by atoms with Crippen molar-refractivity contribution in [3.05, 3.63) is 18.0 Å². The lowest BCUT2D eigenvalue weighted by Crippen LogP contribution is -2.33. The molecule has 0 aromatic carbocycles. The number of likely N-dealkylation sites (tertiary alicyclic amines) is 1. The van der Waals surface area contributed by atoms with Crippen molar-refractivity contribution in [3.8, 4) is 0 Å². The number of nitrogens with one attached hydrogen (secondary N) is 2. The van der Waals surface area contributed by atoms with Crippen molar-refractivity contribution in [3.63, 3.8) is 0 Å². The Labute approximate surface area is 138 Å². The van der Waals surface area contributed by atoms with Gasteiger partial charge in [0.2, 0.25) is 5.91 Å². The summed E-state index contributed by atoms with van der Waals surface area (Å²) in [5.74, 6) is 0.550. The first-order valence-corrected chi connectivity index (χ1v) is 9.04. The summed E-state index contributed by atoms with van der Waals surface area (Å²) in [6, 6.07) is 2.05. The summed E-state index contributed by atoms with van der Waals surface area (Å²) in [6.07, 6.45) is 7.86. The number of aromatic nitrogens is 2. The number of carbonyl (C=O) groups is 1. The molecule has 0 saturated carbocycles. The lowest BCUT2D eigenvalue weighted by molar-refractivity contribution is -0.121. The van der Waals surface area contributed by atoms with Gasteiger partial charge in [0, 0.05) is 30.9 Å². The topological polar surface area (TPSA) is 62.2 Å². The van der Waals surface area contributed by atoms with Gasteiger partial charge in [0.05, 0.1) is 0 Å². The third kappa shape index (κ3) is 4.78. The zero-order valence-electron chi connectivity index (χ0n) is 14.0. The quantitative estimate of drug-likeness (QED) is 0.735. The van der Waals surface area contributed by atoms with Crippen LogP contribution in [0.25, 0.3) is 0 Å². The van der Waals surface area contributed by atoms with E-state index in [0.717, 1.165) is 32.6 Å². The Balaban J connectivity index is 1.40. The normalized spacial score (nSPS) is 22.3. The average Bonchev–Trinajstić information content (AvgIpc) is 3.24. The third-order valence-electron chi connectivity index (χ3n) is 4.93. The van der Waals surface area contributed by atoms with E-state index in [1.54, 1.807) is 0 Å². The molecule has 128 valence electrons. The largest absolute Gasteiger partial charge is 0.354 e. The molecule has 0 bridgehead atoms. The van der Waals surface area contributed by atoms with Gasteiger partial charge in [-0.3, -0.25) is 9.48 Å². The first-order chi connectivity index (χ1) is 11.3. The molecule has 1 amide bonds. The number of hydrogen-bond donors (Lipinski definition) is 2. The summed E-state index contributed by atoms with van der Waals surface area (Å²) in [5.41, 5.74) is 1.18. The van der Waals surface area contributed by atoms with Crippen LogP contribution in [0.15, 0.2) is 12.3 Å². The van der Waals surface area contributed by atoms with E-state index in [1.165, 1.54) is 44.5 Å². The lowest BCUT2D eigenvalue weighted by atomic mass is 9.96. The van der Waals surface area contributed by atoms with Crippen molar-refractivity contribution in [1.82, 2.24) is 25.3 Å². The van der Waals surface area contributed by atoms with Crippen molar-refractivity contribution in [2.45, 2.75) is 44.6 Å². The van der Waals surface area contributed by atoms with Gasteiger partial charge in [-0.2, -0.15) is 5.10 Å². The molecule has 0 spiro atoms. The van der Waals surface area contributed by atoms with Crippen LogP contribution in [0.1, 0.15) is 43.7 Å². The SMILES string of the molecule is O=C(Cn1nccc1C1CCCNC1)NCCCN1CCCC1. The van der Waals surface area contributed by atoms with Gasteiger partial charge in [0.1, 0.15) is 6.54 Å². The van der Waals surface area contributed by atoms with E-state index in [0.29, 0.717) is 12.5 Å². The summed E-state index contributed by atoms with van der Waals surface area (Å²) in [5, 5.41) is 10.8. The molecule has 1 unspecified atom stereocenters. The van der Waals surface area contributed by atoms with Crippen molar-refractivity contribution >= 4 is 5.91 Å². The van der Waals surface area contributed by atoms with Gasteiger partial charge >= 0.3 is 0 Å². The number of amides is 1. The van der Waals surface area contributed by atoms with Gasteiger partial charge in [-0.1, -0.05) is 0 Å². The van der Waals surface area contributed by atoms with Crippen LogP contribution < -0.4 is 10.6 Å². The zero-order chi connectivity index (χ0) is 15.9. The Bertz CT molecular complexity index is 489. The number of piperidine rings is 1. The Kier molecular flexibility index (Phi) is 6.05. The Hall–Kier alpha value is -1.40. The van der Waals surface area contributed by atoms with Crippen molar-refractivity contribution in [1.29, 1.82) is 0 Å². The fourth-order valence-corrected chi connectivity index (χ4v) is 3.65. The number of rotatable bonds is 7. The van der Waals surface area contributed by atoms with E-state index in [1.807, 2.05) is 10.9 Å². The van der Waals surface area contributed by atoms with Gasteiger partial charge in [0.25, 0.3) is 0 Å². The molecule has 2 N–H and O–H groups in total.